The number of carbonyl (C=O) groups is 1. The van der Waals surface area contributed by atoms with Gasteiger partial charge in [0.1, 0.15) is 0 Å². The molecule has 1 aliphatic heterocycles. The Balaban J connectivity index is 2.28. The van der Waals surface area contributed by atoms with E-state index >= 15 is 0 Å². The van der Waals surface area contributed by atoms with Crippen molar-refractivity contribution >= 4 is 5.91 Å². The van der Waals surface area contributed by atoms with Crippen LogP contribution in [0.1, 0.15) is 26.2 Å². The van der Waals surface area contributed by atoms with Crippen molar-refractivity contribution < 1.29 is 14.6 Å². The molecule has 0 unspecified atom stereocenters. The van der Waals surface area contributed by atoms with Gasteiger partial charge in [-0.2, -0.15) is 0 Å². The van der Waals surface area contributed by atoms with Crippen LogP contribution in [-0.4, -0.2) is 36.4 Å². The smallest absolute Gasteiger partial charge is 0.219 e. The Morgan fingerprint density at radius 3 is 2.69 bits per heavy atom. The molecule has 13 heavy (non-hydrogen) atoms. The molecular weight excluding hydrogens is 170 g/mol. The summed E-state index contributed by atoms with van der Waals surface area (Å²) >= 11 is 0. The number of amides is 1. The topological polar surface area (TPSA) is 58.6 Å². The average molecular weight is 187 g/mol. The van der Waals surface area contributed by atoms with Crippen molar-refractivity contribution in [3.63, 3.8) is 0 Å². The Labute approximate surface area is 78.3 Å². The highest BCUT2D eigenvalue weighted by atomic mass is 16.5. The van der Waals surface area contributed by atoms with Gasteiger partial charge in [0.25, 0.3) is 0 Å². The molecule has 0 aromatic carbocycles. The van der Waals surface area contributed by atoms with E-state index in [2.05, 4.69) is 5.32 Å². The first-order valence-corrected chi connectivity index (χ1v) is 4.73. The van der Waals surface area contributed by atoms with Gasteiger partial charge in [-0.1, -0.05) is 6.92 Å². The van der Waals surface area contributed by atoms with Crippen molar-refractivity contribution in [2.75, 3.05) is 19.8 Å². The SMILES string of the molecule is CCC(=O)NCC1(O)CCOCC1. The molecule has 0 aromatic heterocycles. The van der Waals surface area contributed by atoms with E-state index in [-0.39, 0.29) is 5.91 Å². The maximum absolute atomic E-state index is 10.9. The molecule has 0 spiro atoms. The highest BCUT2D eigenvalue weighted by Gasteiger charge is 2.29. The molecule has 1 heterocycles. The summed E-state index contributed by atoms with van der Waals surface area (Å²) < 4.78 is 5.13. The van der Waals surface area contributed by atoms with Crippen LogP contribution in [0.5, 0.6) is 0 Å². The molecule has 1 rings (SSSR count). The zero-order valence-corrected chi connectivity index (χ0v) is 8.01. The Bertz CT molecular complexity index is 176. The summed E-state index contributed by atoms with van der Waals surface area (Å²) in [5.41, 5.74) is -0.747. The van der Waals surface area contributed by atoms with Crippen molar-refractivity contribution in [1.82, 2.24) is 5.32 Å². The molecule has 1 aliphatic rings. The van der Waals surface area contributed by atoms with Crippen LogP contribution in [0.3, 0.4) is 0 Å². The van der Waals surface area contributed by atoms with Crippen LogP contribution in [-0.2, 0) is 9.53 Å². The lowest BCUT2D eigenvalue weighted by molar-refractivity contribution is -0.123. The van der Waals surface area contributed by atoms with Gasteiger partial charge < -0.3 is 15.2 Å². The lowest BCUT2D eigenvalue weighted by Crippen LogP contribution is -2.46. The summed E-state index contributed by atoms with van der Waals surface area (Å²) in [4.78, 5) is 10.9. The fraction of sp³-hybridized carbons (Fsp3) is 0.889. The minimum absolute atomic E-state index is 0.0140. The number of hydrogen-bond donors (Lipinski definition) is 2. The second-order valence-electron chi connectivity index (χ2n) is 3.47. The predicted octanol–water partition coefficient (Wildman–Crippen LogP) is 0.0541. The minimum Gasteiger partial charge on any atom is -0.388 e. The molecule has 0 radical (unpaired) electrons. The molecule has 0 saturated carbocycles. The van der Waals surface area contributed by atoms with Gasteiger partial charge in [-0.05, 0) is 0 Å². The zero-order valence-electron chi connectivity index (χ0n) is 8.01. The average Bonchev–Trinajstić information content (AvgIpc) is 2.15. The van der Waals surface area contributed by atoms with Gasteiger partial charge in [0.05, 0.1) is 5.60 Å². The fourth-order valence-corrected chi connectivity index (χ4v) is 1.32. The van der Waals surface area contributed by atoms with Gasteiger partial charge in [0.15, 0.2) is 0 Å². The summed E-state index contributed by atoms with van der Waals surface area (Å²) in [6.07, 6.45) is 1.68. The molecule has 4 heteroatoms. The van der Waals surface area contributed by atoms with Gasteiger partial charge in [-0.3, -0.25) is 4.79 Å². The van der Waals surface area contributed by atoms with E-state index in [1.54, 1.807) is 6.92 Å². The molecule has 0 bridgehead atoms. The van der Waals surface area contributed by atoms with Crippen LogP contribution in [0.25, 0.3) is 0 Å². The zero-order chi connectivity index (χ0) is 9.73. The molecule has 4 nitrogen and oxygen atoms in total. The van der Waals surface area contributed by atoms with E-state index in [1.807, 2.05) is 0 Å². The number of nitrogens with one attached hydrogen (secondary N) is 1. The second kappa shape index (κ2) is 4.58. The van der Waals surface area contributed by atoms with E-state index in [1.165, 1.54) is 0 Å². The molecule has 2 N–H and O–H groups in total. The Morgan fingerprint density at radius 1 is 1.54 bits per heavy atom. The summed E-state index contributed by atoms with van der Waals surface area (Å²) in [5, 5.41) is 12.6. The normalized spacial score (nSPS) is 21.1. The van der Waals surface area contributed by atoms with Crippen LogP contribution in [0.2, 0.25) is 0 Å². The van der Waals surface area contributed by atoms with Gasteiger partial charge in [-0.15, -0.1) is 0 Å². The second-order valence-corrected chi connectivity index (χ2v) is 3.47. The molecule has 1 saturated heterocycles. The van der Waals surface area contributed by atoms with Crippen molar-refractivity contribution in [3.05, 3.63) is 0 Å². The first kappa shape index (κ1) is 10.5. The Morgan fingerprint density at radius 2 is 2.15 bits per heavy atom. The fourth-order valence-electron chi connectivity index (χ4n) is 1.32. The van der Waals surface area contributed by atoms with Gasteiger partial charge in [0, 0.05) is 39.0 Å². The molecule has 0 aromatic rings. The van der Waals surface area contributed by atoms with E-state index < -0.39 is 5.60 Å². The molecule has 1 fully saturated rings. The molecule has 0 aliphatic carbocycles. The number of rotatable bonds is 3. The summed E-state index contributed by atoms with van der Waals surface area (Å²) in [5.74, 6) is -0.0140. The number of carbonyl (C=O) groups excluding carboxylic acids is 1. The minimum atomic E-state index is -0.747. The molecule has 76 valence electrons. The molecule has 0 atom stereocenters. The third-order valence-electron chi connectivity index (χ3n) is 2.36. The van der Waals surface area contributed by atoms with Gasteiger partial charge in [0.2, 0.25) is 5.91 Å². The van der Waals surface area contributed by atoms with Crippen LogP contribution in [0, 0.1) is 0 Å². The van der Waals surface area contributed by atoms with E-state index in [0.717, 1.165) is 0 Å². The number of aliphatic hydroxyl groups is 1. The van der Waals surface area contributed by atoms with Crippen molar-refractivity contribution in [2.24, 2.45) is 0 Å². The standard InChI is InChI=1S/C9H17NO3/c1-2-8(11)10-7-9(12)3-5-13-6-4-9/h12H,2-7H2,1H3,(H,10,11). The molecular formula is C9H17NO3. The van der Waals surface area contributed by atoms with Crippen molar-refractivity contribution in [3.8, 4) is 0 Å². The van der Waals surface area contributed by atoms with Crippen LogP contribution in [0.4, 0.5) is 0 Å². The van der Waals surface area contributed by atoms with Crippen molar-refractivity contribution in [2.45, 2.75) is 31.8 Å². The maximum atomic E-state index is 10.9. The predicted molar refractivity (Wildman–Crippen MR) is 48.3 cm³/mol. The lowest BCUT2D eigenvalue weighted by Gasteiger charge is -2.31. The van der Waals surface area contributed by atoms with Gasteiger partial charge in [-0.25, -0.2) is 0 Å². The third-order valence-corrected chi connectivity index (χ3v) is 2.36. The number of hydrogen-bond acceptors (Lipinski definition) is 3. The van der Waals surface area contributed by atoms with Gasteiger partial charge >= 0.3 is 0 Å². The Kier molecular flexibility index (Phi) is 3.69. The van der Waals surface area contributed by atoms with E-state index in [9.17, 15) is 9.90 Å². The first-order valence-electron chi connectivity index (χ1n) is 4.73. The van der Waals surface area contributed by atoms with Crippen molar-refractivity contribution in [1.29, 1.82) is 0 Å². The largest absolute Gasteiger partial charge is 0.388 e. The van der Waals surface area contributed by atoms with E-state index in [4.69, 9.17) is 4.74 Å². The highest BCUT2D eigenvalue weighted by molar-refractivity contribution is 5.75. The number of ether oxygens (including phenoxy) is 1. The van der Waals surface area contributed by atoms with E-state index in [0.29, 0.717) is 39.0 Å². The molecule has 1 amide bonds. The lowest BCUT2D eigenvalue weighted by atomic mass is 9.94. The maximum Gasteiger partial charge on any atom is 0.219 e. The van der Waals surface area contributed by atoms with Crippen LogP contribution >= 0.6 is 0 Å². The highest BCUT2D eigenvalue weighted by Crippen LogP contribution is 2.19. The van der Waals surface area contributed by atoms with Crippen LogP contribution in [0.15, 0.2) is 0 Å². The summed E-state index contributed by atoms with van der Waals surface area (Å²) in [7, 11) is 0. The monoisotopic (exact) mass is 187 g/mol. The van der Waals surface area contributed by atoms with Crippen LogP contribution < -0.4 is 5.32 Å². The summed E-state index contributed by atoms with van der Waals surface area (Å²) in [6.45, 7) is 3.31. The first-order chi connectivity index (χ1) is 6.16. The summed E-state index contributed by atoms with van der Waals surface area (Å²) in [6, 6.07) is 0. The quantitative estimate of drug-likeness (QED) is 0.656. The third kappa shape index (κ3) is 3.32. The Hall–Kier alpha value is -0.610.